The van der Waals surface area contributed by atoms with Crippen molar-refractivity contribution >= 4 is 0 Å². The molecule has 0 aromatic heterocycles. The van der Waals surface area contributed by atoms with Crippen molar-refractivity contribution in [2.24, 2.45) is 0 Å². The zero-order valence-corrected chi connectivity index (χ0v) is 9.96. The molecule has 2 aromatic rings. The van der Waals surface area contributed by atoms with E-state index in [1.165, 1.54) is 0 Å². The molecule has 92 valence electrons. The van der Waals surface area contributed by atoms with Gasteiger partial charge in [0.1, 0.15) is 25.6 Å². The fourth-order valence-electron chi connectivity index (χ4n) is 1.85. The fraction of sp³-hybridized carbons (Fsp3) is 0.200. The van der Waals surface area contributed by atoms with Crippen LogP contribution in [0.5, 0.6) is 17.2 Å². The average Bonchev–Trinajstić information content (AvgIpc) is 2.46. The molecule has 0 aliphatic carbocycles. The Bertz CT molecular complexity index is 523. The molecular formula is C15H14O3. The number of hydrogen-bond acceptors (Lipinski definition) is 3. The quantitative estimate of drug-likeness (QED) is 0.828. The molecule has 0 atom stereocenters. The van der Waals surface area contributed by atoms with Gasteiger partial charge in [-0.1, -0.05) is 30.3 Å². The molecule has 0 unspecified atom stereocenters. The largest absolute Gasteiger partial charge is 0.489 e. The Morgan fingerprint density at radius 3 is 2.50 bits per heavy atom. The first kappa shape index (κ1) is 11.0. The molecule has 0 spiro atoms. The highest BCUT2D eigenvalue weighted by molar-refractivity contribution is 5.46. The molecule has 0 fully saturated rings. The van der Waals surface area contributed by atoms with Gasteiger partial charge >= 0.3 is 0 Å². The van der Waals surface area contributed by atoms with Crippen LogP contribution >= 0.6 is 0 Å². The van der Waals surface area contributed by atoms with Gasteiger partial charge < -0.3 is 14.2 Å². The van der Waals surface area contributed by atoms with Crippen molar-refractivity contribution in [1.29, 1.82) is 0 Å². The second-order valence-corrected chi connectivity index (χ2v) is 4.08. The number of hydrogen-bond donors (Lipinski definition) is 0. The molecule has 0 saturated carbocycles. The maximum absolute atomic E-state index is 5.72. The normalized spacial score (nSPS) is 13.1. The predicted octanol–water partition coefficient (Wildman–Crippen LogP) is 3.04. The average molecular weight is 242 g/mol. The molecule has 0 N–H and O–H groups in total. The van der Waals surface area contributed by atoms with Crippen LogP contribution in [-0.2, 0) is 6.61 Å². The van der Waals surface area contributed by atoms with Crippen LogP contribution < -0.4 is 14.2 Å². The molecule has 2 aromatic carbocycles. The van der Waals surface area contributed by atoms with Crippen molar-refractivity contribution in [2.75, 3.05) is 13.2 Å². The first-order valence-electron chi connectivity index (χ1n) is 5.98. The summed E-state index contributed by atoms with van der Waals surface area (Å²) in [4.78, 5) is 0. The van der Waals surface area contributed by atoms with Crippen LogP contribution in [0.15, 0.2) is 48.5 Å². The lowest BCUT2D eigenvalue weighted by Crippen LogP contribution is -2.15. The summed E-state index contributed by atoms with van der Waals surface area (Å²) in [5, 5.41) is 0. The third-order valence-electron chi connectivity index (χ3n) is 2.76. The van der Waals surface area contributed by atoms with Crippen LogP contribution in [0, 0.1) is 0 Å². The zero-order valence-electron chi connectivity index (χ0n) is 9.96. The summed E-state index contributed by atoms with van der Waals surface area (Å²) >= 11 is 0. The van der Waals surface area contributed by atoms with Gasteiger partial charge in [0, 0.05) is 6.07 Å². The number of ether oxygens (including phenoxy) is 3. The Labute approximate surface area is 106 Å². The van der Waals surface area contributed by atoms with E-state index >= 15 is 0 Å². The Morgan fingerprint density at radius 1 is 0.889 bits per heavy atom. The van der Waals surface area contributed by atoms with E-state index in [4.69, 9.17) is 14.2 Å². The van der Waals surface area contributed by atoms with Gasteiger partial charge in [0.25, 0.3) is 0 Å². The molecule has 0 amide bonds. The van der Waals surface area contributed by atoms with E-state index in [2.05, 4.69) is 0 Å². The van der Waals surface area contributed by atoms with Crippen LogP contribution in [0.1, 0.15) is 5.56 Å². The van der Waals surface area contributed by atoms with Gasteiger partial charge in [-0.25, -0.2) is 0 Å². The monoisotopic (exact) mass is 242 g/mol. The van der Waals surface area contributed by atoms with E-state index in [1.807, 2.05) is 48.5 Å². The SMILES string of the molecule is c1ccc(COc2ccc3c(c2)OCCO3)cc1. The third-order valence-corrected chi connectivity index (χ3v) is 2.76. The van der Waals surface area contributed by atoms with Crippen molar-refractivity contribution in [2.45, 2.75) is 6.61 Å². The minimum absolute atomic E-state index is 0.556. The summed E-state index contributed by atoms with van der Waals surface area (Å²) in [5.74, 6) is 2.34. The van der Waals surface area contributed by atoms with Crippen LogP contribution in [0.4, 0.5) is 0 Å². The minimum atomic E-state index is 0.556. The van der Waals surface area contributed by atoms with Gasteiger partial charge in [-0.15, -0.1) is 0 Å². The van der Waals surface area contributed by atoms with Gasteiger partial charge in [0.05, 0.1) is 0 Å². The number of benzene rings is 2. The highest BCUT2D eigenvalue weighted by Crippen LogP contribution is 2.33. The number of rotatable bonds is 3. The van der Waals surface area contributed by atoms with E-state index in [0.717, 1.165) is 22.8 Å². The summed E-state index contributed by atoms with van der Waals surface area (Å²) < 4.78 is 16.7. The van der Waals surface area contributed by atoms with Crippen molar-refractivity contribution in [3.8, 4) is 17.2 Å². The van der Waals surface area contributed by atoms with Gasteiger partial charge in [-0.05, 0) is 17.7 Å². The lowest BCUT2D eigenvalue weighted by atomic mass is 10.2. The molecule has 1 aliphatic rings. The molecule has 1 aliphatic heterocycles. The van der Waals surface area contributed by atoms with Crippen molar-refractivity contribution in [3.05, 3.63) is 54.1 Å². The summed E-state index contributed by atoms with van der Waals surface area (Å²) in [6.07, 6.45) is 0. The van der Waals surface area contributed by atoms with Gasteiger partial charge in [-0.2, -0.15) is 0 Å². The van der Waals surface area contributed by atoms with Crippen LogP contribution in [0.2, 0.25) is 0 Å². The second kappa shape index (κ2) is 5.00. The fourth-order valence-corrected chi connectivity index (χ4v) is 1.85. The van der Waals surface area contributed by atoms with Gasteiger partial charge in [-0.3, -0.25) is 0 Å². The van der Waals surface area contributed by atoms with Crippen molar-refractivity contribution in [3.63, 3.8) is 0 Å². The number of fused-ring (bicyclic) bond motifs is 1. The topological polar surface area (TPSA) is 27.7 Å². The Hall–Kier alpha value is -2.16. The molecule has 0 bridgehead atoms. The van der Waals surface area contributed by atoms with E-state index in [0.29, 0.717) is 19.8 Å². The van der Waals surface area contributed by atoms with Crippen LogP contribution in [0.3, 0.4) is 0 Å². The lowest BCUT2D eigenvalue weighted by molar-refractivity contribution is 0.170. The maximum Gasteiger partial charge on any atom is 0.165 e. The smallest absolute Gasteiger partial charge is 0.165 e. The standard InChI is InChI=1S/C15H14O3/c1-2-4-12(5-3-1)11-18-13-6-7-14-15(10-13)17-9-8-16-14/h1-7,10H,8-9,11H2. The molecule has 1 heterocycles. The van der Waals surface area contributed by atoms with Gasteiger partial charge in [0.15, 0.2) is 11.5 Å². The summed E-state index contributed by atoms with van der Waals surface area (Å²) in [6, 6.07) is 15.7. The molecule has 3 heteroatoms. The second-order valence-electron chi connectivity index (χ2n) is 4.08. The van der Waals surface area contributed by atoms with E-state index in [1.54, 1.807) is 0 Å². The lowest BCUT2D eigenvalue weighted by Gasteiger charge is -2.18. The van der Waals surface area contributed by atoms with E-state index in [9.17, 15) is 0 Å². The maximum atomic E-state index is 5.72. The summed E-state index contributed by atoms with van der Waals surface area (Å²) in [7, 11) is 0. The summed E-state index contributed by atoms with van der Waals surface area (Å²) in [6.45, 7) is 1.76. The Balaban J connectivity index is 1.70. The molecule has 0 saturated heterocycles. The van der Waals surface area contributed by atoms with E-state index in [-0.39, 0.29) is 0 Å². The third kappa shape index (κ3) is 2.40. The van der Waals surface area contributed by atoms with Crippen molar-refractivity contribution in [1.82, 2.24) is 0 Å². The molecule has 0 radical (unpaired) electrons. The minimum Gasteiger partial charge on any atom is -0.489 e. The molecule has 3 nitrogen and oxygen atoms in total. The highest BCUT2D eigenvalue weighted by Gasteiger charge is 2.11. The zero-order chi connectivity index (χ0) is 12.2. The Morgan fingerprint density at radius 2 is 1.67 bits per heavy atom. The van der Waals surface area contributed by atoms with Crippen LogP contribution in [-0.4, -0.2) is 13.2 Å². The molecular weight excluding hydrogens is 228 g/mol. The highest BCUT2D eigenvalue weighted by atomic mass is 16.6. The van der Waals surface area contributed by atoms with Crippen molar-refractivity contribution < 1.29 is 14.2 Å². The first-order chi connectivity index (χ1) is 8.92. The molecule has 3 rings (SSSR count). The van der Waals surface area contributed by atoms with E-state index < -0.39 is 0 Å². The Kier molecular flexibility index (Phi) is 3.05. The van der Waals surface area contributed by atoms with Crippen LogP contribution in [0.25, 0.3) is 0 Å². The summed E-state index contributed by atoms with van der Waals surface area (Å²) in [5.41, 5.74) is 1.15. The first-order valence-corrected chi connectivity index (χ1v) is 5.98. The predicted molar refractivity (Wildman–Crippen MR) is 68.2 cm³/mol. The molecule has 18 heavy (non-hydrogen) atoms. The van der Waals surface area contributed by atoms with Gasteiger partial charge in [0.2, 0.25) is 0 Å².